The van der Waals surface area contributed by atoms with E-state index in [1.54, 1.807) is 6.07 Å². The lowest BCUT2D eigenvalue weighted by Crippen LogP contribution is -2.37. The summed E-state index contributed by atoms with van der Waals surface area (Å²) in [7, 11) is 0. The van der Waals surface area contributed by atoms with Crippen LogP contribution in [0.4, 0.5) is 5.69 Å². The third-order valence-electron chi connectivity index (χ3n) is 4.07. The van der Waals surface area contributed by atoms with Crippen LogP contribution in [-0.2, 0) is 13.0 Å². The normalized spacial score (nSPS) is 17.9. The predicted octanol–water partition coefficient (Wildman–Crippen LogP) is 3.44. The lowest BCUT2D eigenvalue weighted by Gasteiger charge is -2.37. The van der Waals surface area contributed by atoms with Gasteiger partial charge in [-0.1, -0.05) is 18.2 Å². The Morgan fingerprint density at radius 1 is 1.25 bits per heavy atom. The number of rotatable bonds is 2. The van der Waals surface area contributed by atoms with Crippen molar-refractivity contribution in [3.8, 4) is 5.75 Å². The van der Waals surface area contributed by atoms with Crippen LogP contribution in [0.25, 0.3) is 0 Å². The second kappa shape index (κ2) is 5.16. The van der Waals surface area contributed by atoms with Crippen LogP contribution in [-0.4, -0.2) is 16.1 Å². The van der Waals surface area contributed by atoms with E-state index in [0.29, 0.717) is 12.6 Å². The second-order valence-corrected chi connectivity index (χ2v) is 5.56. The standard InChI is InChI=1S/C17H20N2O/c1-12-7-10-17(20)15(18-12)11-19-13(2)8-9-14-5-3-4-6-16(14)19/h3-7,10,13,20H,8-9,11H2,1-2H3. The highest BCUT2D eigenvalue weighted by Crippen LogP contribution is 2.32. The highest BCUT2D eigenvalue weighted by molar-refractivity contribution is 5.56. The maximum absolute atomic E-state index is 10.0. The molecule has 2 aromatic rings. The number of fused-ring (bicyclic) bond motifs is 1. The Hall–Kier alpha value is -2.03. The Morgan fingerprint density at radius 3 is 2.90 bits per heavy atom. The van der Waals surface area contributed by atoms with Crippen LogP contribution in [0.3, 0.4) is 0 Å². The maximum Gasteiger partial charge on any atom is 0.138 e. The van der Waals surface area contributed by atoms with Gasteiger partial charge in [0.2, 0.25) is 0 Å². The quantitative estimate of drug-likeness (QED) is 0.906. The molecule has 3 rings (SSSR count). The molecule has 0 saturated heterocycles. The zero-order chi connectivity index (χ0) is 14.1. The molecule has 1 aromatic carbocycles. The van der Waals surface area contributed by atoms with Crippen molar-refractivity contribution in [3.05, 3.63) is 53.3 Å². The number of aromatic nitrogens is 1. The summed E-state index contributed by atoms with van der Waals surface area (Å²) in [5.74, 6) is 0.283. The van der Waals surface area contributed by atoms with E-state index in [0.717, 1.165) is 24.2 Å². The van der Waals surface area contributed by atoms with Crippen molar-refractivity contribution in [2.45, 2.75) is 39.3 Å². The molecule has 0 spiro atoms. The summed E-state index contributed by atoms with van der Waals surface area (Å²) >= 11 is 0. The Labute approximate surface area is 119 Å². The predicted molar refractivity (Wildman–Crippen MR) is 81.0 cm³/mol. The second-order valence-electron chi connectivity index (χ2n) is 5.56. The van der Waals surface area contributed by atoms with Gasteiger partial charge in [-0.15, -0.1) is 0 Å². The van der Waals surface area contributed by atoms with E-state index in [4.69, 9.17) is 0 Å². The van der Waals surface area contributed by atoms with E-state index < -0.39 is 0 Å². The minimum atomic E-state index is 0.283. The SMILES string of the molecule is Cc1ccc(O)c(CN2c3ccccc3CCC2C)n1. The van der Waals surface area contributed by atoms with Crippen LogP contribution in [0.5, 0.6) is 5.75 Å². The monoisotopic (exact) mass is 268 g/mol. The highest BCUT2D eigenvalue weighted by Gasteiger charge is 2.23. The molecule has 20 heavy (non-hydrogen) atoms. The maximum atomic E-state index is 10.0. The van der Waals surface area contributed by atoms with Crippen molar-refractivity contribution < 1.29 is 5.11 Å². The molecule has 3 nitrogen and oxygen atoms in total. The smallest absolute Gasteiger partial charge is 0.138 e. The third-order valence-corrected chi connectivity index (χ3v) is 4.07. The van der Waals surface area contributed by atoms with Gasteiger partial charge >= 0.3 is 0 Å². The Bertz CT molecular complexity index is 624. The van der Waals surface area contributed by atoms with E-state index in [9.17, 15) is 5.11 Å². The topological polar surface area (TPSA) is 36.4 Å². The highest BCUT2D eigenvalue weighted by atomic mass is 16.3. The molecule has 0 amide bonds. The number of hydrogen-bond donors (Lipinski definition) is 1. The molecule has 3 heteroatoms. The van der Waals surface area contributed by atoms with E-state index in [1.165, 1.54) is 11.3 Å². The van der Waals surface area contributed by atoms with Gasteiger partial charge < -0.3 is 10.0 Å². The fourth-order valence-corrected chi connectivity index (χ4v) is 2.88. The van der Waals surface area contributed by atoms with Crippen LogP contribution in [0.15, 0.2) is 36.4 Å². The van der Waals surface area contributed by atoms with Crippen LogP contribution in [0.2, 0.25) is 0 Å². The Balaban J connectivity index is 1.95. The fourth-order valence-electron chi connectivity index (χ4n) is 2.88. The number of anilines is 1. The van der Waals surface area contributed by atoms with Crippen LogP contribution in [0, 0.1) is 6.92 Å². The molecular weight excluding hydrogens is 248 g/mol. The summed E-state index contributed by atoms with van der Waals surface area (Å²) in [5, 5.41) is 10.0. The first-order chi connectivity index (χ1) is 9.65. The van der Waals surface area contributed by atoms with Gasteiger partial charge in [-0.3, -0.25) is 4.98 Å². The minimum absolute atomic E-state index is 0.283. The first-order valence-corrected chi connectivity index (χ1v) is 7.15. The number of nitrogens with zero attached hydrogens (tertiary/aromatic N) is 2. The molecule has 1 atom stereocenters. The average Bonchev–Trinajstić information content (AvgIpc) is 2.46. The van der Waals surface area contributed by atoms with Gasteiger partial charge in [0.15, 0.2) is 0 Å². The molecule has 1 aromatic heterocycles. The molecule has 0 radical (unpaired) electrons. The number of hydrogen-bond acceptors (Lipinski definition) is 3. The largest absolute Gasteiger partial charge is 0.506 e. The molecule has 1 aliphatic rings. The Morgan fingerprint density at radius 2 is 2.05 bits per heavy atom. The van der Waals surface area contributed by atoms with Crippen molar-refractivity contribution in [3.63, 3.8) is 0 Å². The van der Waals surface area contributed by atoms with Gasteiger partial charge in [0.05, 0.1) is 6.54 Å². The molecule has 2 heterocycles. The minimum Gasteiger partial charge on any atom is -0.506 e. The van der Waals surface area contributed by atoms with Crippen molar-refractivity contribution in [1.29, 1.82) is 0 Å². The molecule has 1 aliphatic heterocycles. The molecule has 0 aliphatic carbocycles. The summed E-state index contributed by atoms with van der Waals surface area (Å²) in [5.41, 5.74) is 4.36. The van der Waals surface area contributed by atoms with Gasteiger partial charge in [-0.2, -0.15) is 0 Å². The number of pyridine rings is 1. The number of aryl methyl sites for hydroxylation is 2. The first-order valence-electron chi connectivity index (χ1n) is 7.15. The Kier molecular flexibility index (Phi) is 3.35. The van der Waals surface area contributed by atoms with Gasteiger partial charge in [0.1, 0.15) is 11.4 Å². The molecule has 1 N–H and O–H groups in total. The van der Waals surface area contributed by atoms with Gasteiger partial charge in [0, 0.05) is 17.4 Å². The van der Waals surface area contributed by atoms with Gasteiger partial charge in [0.25, 0.3) is 0 Å². The van der Waals surface area contributed by atoms with E-state index in [1.807, 2.05) is 13.0 Å². The van der Waals surface area contributed by atoms with Crippen LogP contribution >= 0.6 is 0 Å². The van der Waals surface area contributed by atoms with Crippen molar-refractivity contribution in [1.82, 2.24) is 4.98 Å². The zero-order valence-corrected chi connectivity index (χ0v) is 12.0. The number of aromatic hydroxyl groups is 1. The van der Waals surface area contributed by atoms with Crippen molar-refractivity contribution in [2.24, 2.45) is 0 Å². The third kappa shape index (κ3) is 2.36. The van der Waals surface area contributed by atoms with Crippen LogP contribution in [0.1, 0.15) is 30.3 Å². The van der Waals surface area contributed by atoms with Gasteiger partial charge in [-0.25, -0.2) is 0 Å². The van der Waals surface area contributed by atoms with Crippen molar-refractivity contribution in [2.75, 3.05) is 4.90 Å². The molecule has 104 valence electrons. The zero-order valence-electron chi connectivity index (χ0n) is 12.0. The lowest BCUT2D eigenvalue weighted by atomic mass is 9.96. The lowest BCUT2D eigenvalue weighted by molar-refractivity contribution is 0.458. The van der Waals surface area contributed by atoms with Crippen molar-refractivity contribution >= 4 is 5.69 Å². The molecular formula is C17H20N2O. The summed E-state index contributed by atoms with van der Waals surface area (Å²) in [4.78, 5) is 6.83. The van der Waals surface area contributed by atoms with E-state index in [2.05, 4.69) is 41.1 Å². The fraction of sp³-hybridized carbons (Fsp3) is 0.353. The summed E-state index contributed by atoms with van der Waals surface area (Å²) in [6.07, 6.45) is 2.27. The number of para-hydroxylation sites is 1. The summed E-state index contributed by atoms with van der Waals surface area (Å²) in [6.45, 7) is 4.85. The number of benzene rings is 1. The summed E-state index contributed by atoms with van der Waals surface area (Å²) in [6, 6.07) is 12.6. The van der Waals surface area contributed by atoms with E-state index in [-0.39, 0.29) is 5.75 Å². The molecule has 1 unspecified atom stereocenters. The van der Waals surface area contributed by atoms with Gasteiger partial charge in [-0.05, 0) is 50.5 Å². The molecule has 0 saturated carbocycles. The van der Waals surface area contributed by atoms with E-state index >= 15 is 0 Å². The summed E-state index contributed by atoms with van der Waals surface area (Å²) < 4.78 is 0. The molecule has 0 bridgehead atoms. The average molecular weight is 268 g/mol. The molecule has 0 fully saturated rings. The van der Waals surface area contributed by atoms with Crippen LogP contribution < -0.4 is 4.90 Å². The first kappa shape index (κ1) is 13.0.